The number of aryl methyl sites for hydroxylation is 2. The topological polar surface area (TPSA) is 54.9 Å². The highest BCUT2D eigenvalue weighted by molar-refractivity contribution is 7.22. The van der Waals surface area contributed by atoms with Gasteiger partial charge in [0, 0.05) is 31.7 Å². The molecule has 0 atom stereocenters. The predicted octanol–water partition coefficient (Wildman–Crippen LogP) is 5.46. The number of amides is 1. The van der Waals surface area contributed by atoms with Gasteiger partial charge in [-0.1, -0.05) is 24.7 Å². The van der Waals surface area contributed by atoms with E-state index in [9.17, 15) is 4.79 Å². The summed E-state index contributed by atoms with van der Waals surface area (Å²) in [6.07, 6.45) is 3.00. The first-order valence-corrected chi connectivity index (χ1v) is 13.1. The van der Waals surface area contributed by atoms with Crippen molar-refractivity contribution in [2.75, 3.05) is 50.9 Å². The number of aromatic nitrogens is 1. The molecule has 0 unspecified atom stereocenters. The molecule has 2 heterocycles. The van der Waals surface area contributed by atoms with Gasteiger partial charge in [-0.25, -0.2) is 4.98 Å². The Bertz CT molecular complexity index is 1050. The van der Waals surface area contributed by atoms with Crippen LogP contribution in [-0.4, -0.2) is 61.8 Å². The molecule has 34 heavy (non-hydrogen) atoms. The number of ether oxygens (including phenoxy) is 2. The van der Waals surface area contributed by atoms with Gasteiger partial charge in [0.2, 0.25) is 0 Å². The third kappa shape index (κ3) is 6.14. The van der Waals surface area contributed by atoms with E-state index in [-0.39, 0.29) is 5.91 Å². The van der Waals surface area contributed by atoms with Crippen molar-refractivity contribution < 1.29 is 14.3 Å². The molecule has 1 aromatic heterocycles. The maximum absolute atomic E-state index is 13.6. The SMILES string of the molecule is CCCCOc1ccc(C(=O)N(CCCN2CCOCC2)c2nc3cc(C)c(C)cc3s2)cc1. The fourth-order valence-electron chi connectivity index (χ4n) is 4.03. The largest absolute Gasteiger partial charge is 0.494 e. The van der Waals surface area contributed by atoms with Crippen molar-refractivity contribution in [3.05, 3.63) is 53.1 Å². The van der Waals surface area contributed by atoms with Gasteiger partial charge in [-0.05, 0) is 74.2 Å². The Balaban J connectivity index is 1.53. The van der Waals surface area contributed by atoms with Gasteiger partial charge >= 0.3 is 0 Å². The number of anilines is 1. The molecule has 1 amide bonds. The van der Waals surface area contributed by atoms with Gasteiger partial charge < -0.3 is 9.47 Å². The molecule has 0 aliphatic carbocycles. The molecule has 1 saturated heterocycles. The fourth-order valence-corrected chi connectivity index (χ4v) is 5.10. The van der Waals surface area contributed by atoms with Gasteiger partial charge in [0.1, 0.15) is 5.75 Å². The van der Waals surface area contributed by atoms with Crippen molar-refractivity contribution in [2.24, 2.45) is 0 Å². The first kappa shape index (κ1) is 24.6. The number of morpholine rings is 1. The lowest BCUT2D eigenvalue weighted by atomic mass is 10.1. The van der Waals surface area contributed by atoms with Crippen LogP contribution in [0.4, 0.5) is 5.13 Å². The Kier molecular flexibility index (Phi) is 8.53. The maximum Gasteiger partial charge on any atom is 0.260 e. The average molecular weight is 482 g/mol. The predicted molar refractivity (Wildman–Crippen MR) is 139 cm³/mol. The van der Waals surface area contributed by atoms with Crippen LogP contribution in [-0.2, 0) is 4.74 Å². The lowest BCUT2D eigenvalue weighted by Crippen LogP contribution is -2.39. The summed E-state index contributed by atoms with van der Waals surface area (Å²) in [5.41, 5.74) is 4.06. The zero-order valence-electron chi connectivity index (χ0n) is 20.5. The van der Waals surface area contributed by atoms with E-state index >= 15 is 0 Å². The van der Waals surface area contributed by atoms with E-state index in [1.165, 1.54) is 11.1 Å². The Labute approximate surface area is 206 Å². The number of unbranched alkanes of at least 4 members (excludes halogenated alkanes) is 1. The number of rotatable bonds is 10. The van der Waals surface area contributed by atoms with Gasteiger partial charge in [-0.3, -0.25) is 14.6 Å². The molecule has 1 fully saturated rings. The molecule has 2 aromatic carbocycles. The van der Waals surface area contributed by atoms with Crippen LogP contribution in [0.1, 0.15) is 47.7 Å². The molecule has 0 bridgehead atoms. The Morgan fingerprint density at radius 2 is 1.85 bits per heavy atom. The first-order valence-electron chi connectivity index (χ1n) is 12.3. The Morgan fingerprint density at radius 1 is 1.12 bits per heavy atom. The Morgan fingerprint density at radius 3 is 2.59 bits per heavy atom. The maximum atomic E-state index is 13.6. The third-order valence-electron chi connectivity index (χ3n) is 6.30. The van der Waals surface area contributed by atoms with Gasteiger partial charge in [-0.15, -0.1) is 0 Å². The van der Waals surface area contributed by atoms with Gasteiger partial charge in [0.05, 0.1) is 30.0 Å². The van der Waals surface area contributed by atoms with Crippen molar-refractivity contribution in [1.29, 1.82) is 0 Å². The molecule has 0 spiro atoms. The van der Waals surface area contributed by atoms with Gasteiger partial charge in [-0.2, -0.15) is 0 Å². The zero-order valence-corrected chi connectivity index (χ0v) is 21.3. The van der Waals surface area contributed by atoms with Gasteiger partial charge in [0.25, 0.3) is 5.91 Å². The summed E-state index contributed by atoms with van der Waals surface area (Å²) in [6, 6.07) is 11.8. The number of carbonyl (C=O) groups is 1. The van der Waals surface area contributed by atoms with E-state index < -0.39 is 0 Å². The summed E-state index contributed by atoms with van der Waals surface area (Å²) < 4.78 is 12.3. The first-order chi connectivity index (χ1) is 16.5. The highest BCUT2D eigenvalue weighted by Crippen LogP contribution is 2.32. The summed E-state index contributed by atoms with van der Waals surface area (Å²) in [5, 5.41) is 0.759. The van der Waals surface area contributed by atoms with Crippen LogP contribution in [0.25, 0.3) is 10.2 Å². The molecule has 3 aromatic rings. The van der Waals surface area contributed by atoms with Crippen LogP contribution in [0.2, 0.25) is 0 Å². The highest BCUT2D eigenvalue weighted by Gasteiger charge is 2.22. The summed E-state index contributed by atoms with van der Waals surface area (Å²) in [5.74, 6) is 0.782. The van der Waals surface area contributed by atoms with Crippen LogP contribution in [0.5, 0.6) is 5.75 Å². The molecule has 7 heteroatoms. The summed E-state index contributed by atoms with van der Waals surface area (Å²) in [6.45, 7) is 12.1. The molecular formula is C27H35N3O3S. The van der Waals surface area contributed by atoms with E-state index in [2.05, 4.69) is 37.8 Å². The molecule has 4 rings (SSSR count). The molecule has 182 valence electrons. The van der Waals surface area contributed by atoms with Crippen molar-refractivity contribution in [1.82, 2.24) is 9.88 Å². The quantitative estimate of drug-likeness (QED) is 0.360. The van der Waals surface area contributed by atoms with Crippen molar-refractivity contribution in [3.63, 3.8) is 0 Å². The van der Waals surface area contributed by atoms with E-state index in [0.717, 1.165) is 73.2 Å². The summed E-state index contributed by atoms with van der Waals surface area (Å²) in [4.78, 5) is 22.7. The lowest BCUT2D eigenvalue weighted by Gasteiger charge is -2.27. The number of benzene rings is 2. The molecule has 0 N–H and O–H groups in total. The third-order valence-corrected chi connectivity index (χ3v) is 7.34. The monoisotopic (exact) mass is 481 g/mol. The minimum Gasteiger partial charge on any atom is -0.494 e. The Hall–Kier alpha value is -2.48. The number of carbonyl (C=O) groups excluding carboxylic acids is 1. The van der Waals surface area contributed by atoms with Crippen LogP contribution >= 0.6 is 11.3 Å². The van der Waals surface area contributed by atoms with Gasteiger partial charge in [0.15, 0.2) is 5.13 Å². The molecule has 6 nitrogen and oxygen atoms in total. The number of hydrogen-bond acceptors (Lipinski definition) is 6. The number of hydrogen-bond donors (Lipinski definition) is 0. The molecule has 1 aliphatic heterocycles. The highest BCUT2D eigenvalue weighted by atomic mass is 32.1. The van der Waals surface area contributed by atoms with E-state index in [0.29, 0.717) is 18.7 Å². The molecular weight excluding hydrogens is 446 g/mol. The fraction of sp³-hybridized carbons (Fsp3) is 0.481. The number of nitrogens with zero attached hydrogens (tertiary/aromatic N) is 3. The van der Waals surface area contributed by atoms with Crippen LogP contribution in [0.15, 0.2) is 36.4 Å². The minimum atomic E-state index is -0.0189. The number of thiazole rings is 1. The van der Waals surface area contributed by atoms with E-state index in [4.69, 9.17) is 14.5 Å². The second-order valence-corrected chi connectivity index (χ2v) is 9.90. The summed E-state index contributed by atoms with van der Waals surface area (Å²) >= 11 is 1.59. The smallest absolute Gasteiger partial charge is 0.260 e. The molecule has 1 aliphatic rings. The van der Waals surface area contributed by atoms with E-state index in [1.54, 1.807) is 11.3 Å². The lowest BCUT2D eigenvalue weighted by molar-refractivity contribution is 0.0376. The van der Waals surface area contributed by atoms with Crippen LogP contribution in [0, 0.1) is 13.8 Å². The average Bonchev–Trinajstić information content (AvgIpc) is 3.25. The second-order valence-electron chi connectivity index (χ2n) is 8.89. The van der Waals surface area contributed by atoms with Crippen LogP contribution < -0.4 is 9.64 Å². The van der Waals surface area contributed by atoms with Crippen molar-refractivity contribution >= 4 is 32.6 Å². The zero-order chi connectivity index (χ0) is 23.9. The van der Waals surface area contributed by atoms with E-state index in [1.807, 2.05) is 29.2 Å². The molecule has 0 radical (unpaired) electrons. The number of fused-ring (bicyclic) bond motifs is 1. The normalized spacial score (nSPS) is 14.4. The second kappa shape index (κ2) is 11.8. The molecule has 0 saturated carbocycles. The van der Waals surface area contributed by atoms with Crippen LogP contribution in [0.3, 0.4) is 0 Å². The summed E-state index contributed by atoms with van der Waals surface area (Å²) in [7, 11) is 0. The van der Waals surface area contributed by atoms with Crippen molar-refractivity contribution in [3.8, 4) is 5.75 Å². The minimum absolute atomic E-state index is 0.0189. The van der Waals surface area contributed by atoms with Crippen molar-refractivity contribution in [2.45, 2.75) is 40.0 Å². The standard InChI is InChI=1S/C27H35N3O3S/c1-4-5-15-33-23-9-7-22(8-10-23)26(31)30(12-6-11-29-13-16-32-17-14-29)27-28-24-18-20(2)21(3)19-25(24)34-27/h7-10,18-19H,4-6,11-17H2,1-3H3.